The number of unbranched alkanes of at least 4 members (excludes halogenated alkanes) is 32. The maximum Gasteiger partial charge on any atom is 0.472 e. The minimum atomic E-state index is -4.96. The summed E-state index contributed by atoms with van der Waals surface area (Å²) in [4.78, 5) is 72.6. The summed E-state index contributed by atoms with van der Waals surface area (Å²) >= 11 is 0. The molecule has 0 radical (unpaired) electrons. The summed E-state index contributed by atoms with van der Waals surface area (Å²) in [6.45, 7) is 11.7. The van der Waals surface area contributed by atoms with E-state index in [0.29, 0.717) is 25.7 Å². The highest BCUT2D eigenvalue weighted by Crippen LogP contribution is 2.45. The molecule has 0 saturated carbocycles. The van der Waals surface area contributed by atoms with E-state index in [-0.39, 0.29) is 25.7 Å². The first-order valence-electron chi connectivity index (χ1n) is 37.2. The van der Waals surface area contributed by atoms with Crippen molar-refractivity contribution in [2.45, 2.75) is 362 Å². The van der Waals surface area contributed by atoms with Gasteiger partial charge in [0.2, 0.25) is 0 Å². The Morgan fingerprint density at radius 2 is 0.641 bits per heavy atom. The Hall–Kier alpha value is -2.46. The molecule has 3 N–H and O–H groups in total. The van der Waals surface area contributed by atoms with Gasteiger partial charge in [0.05, 0.1) is 26.4 Å². The topological polar surface area (TPSA) is 237 Å². The van der Waals surface area contributed by atoms with Crippen molar-refractivity contribution in [1.29, 1.82) is 0 Å². The molecule has 0 aromatic rings. The largest absolute Gasteiger partial charge is 0.472 e. The molecule has 19 heteroatoms. The van der Waals surface area contributed by atoms with E-state index in [1.54, 1.807) is 0 Å². The van der Waals surface area contributed by atoms with Gasteiger partial charge in [0.15, 0.2) is 12.2 Å². The number of aliphatic hydroxyl groups is 1. The number of hydrogen-bond donors (Lipinski definition) is 3. The zero-order valence-electron chi connectivity index (χ0n) is 59.5. The number of rotatable bonds is 69. The summed E-state index contributed by atoms with van der Waals surface area (Å²) in [6, 6.07) is 0. The Bertz CT molecular complexity index is 1900. The van der Waals surface area contributed by atoms with Crippen molar-refractivity contribution in [2.75, 3.05) is 39.6 Å². The van der Waals surface area contributed by atoms with Crippen LogP contribution in [-0.2, 0) is 65.4 Å². The lowest BCUT2D eigenvalue weighted by atomic mass is 10.00. The van der Waals surface area contributed by atoms with E-state index in [9.17, 15) is 43.2 Å². The number of hydrogen-bond acceptors (Lipinski definition) is 15. The molecule has 0 amide bonds. The summed E-state index contributed by atoms with van der Waals surface area (Å²) in [7, 11) is -9.92. The summed E-state index contributed by atoms with van der Waals surface area (Å²) in [5.74, 6) is 0.0948. The Morgan fingerprint density at radius 1 is 0.359 bits per heavy atom. The van der Waals surface area contributed by atoms with E-state index in [1.165, 1.54) is 128 Å². The molecule has 17 nitrogen and oxygen atoms in total. The smallest absolute Gasteiger partial charge is 0.462 e. The van der Waals surface area contributed by atoms with E-state index in [4.69, 9.17) is 37.0 Å². The third-order valence-electron chi connectivity index (χ3n) is 17.0. The maximum atomic E-state index is 13.0. The van der Waals surface area contributed by atoms with Gasteiger partial charge >= 0.3 is 39.5 Å². The SMILES string of the molecule is CCCCCC/C=C\C=C/CCCCCCCC(=O)O[C@H](COC(=O)CCCCCCCCC(C)CC)COP(=O)(O)OC[C@H](O)COP(=O)(O)OC[C@@H](COC(=O)CCCCCCCCC(C)CC)OC(=O)CCCCCCCCCCCCCCCCC(C)C. The van der Waals surface area contributed by atoms with Crippen molar-refractivity contribution < 1.29 is 80.2 Å². The Balaban J connectivity index is 5.27. The van der Waals surface area contributed by atoms with Gasteiger partial charge in [-0.1, -0.05) is 291 Å². The number of phosphoric acid groups is 2. The number of allylic oxidation sites excluding steroid dienone is 4. The van der Waals surface area contributed by atoms with Crippen LogP contribution in [0.4, 0.5) is 0 Å². The summed E-state index contributed by atoms with van der Waals surface area (Å²) in [5.41, 5.74) is 0. The zero-order valence-corrected chi connectivity index (χ0v) is 61.3. The van der Waals surface area contributed by atoms with E-state index < -0.39 is 97.5 Å². The van der Waals surface area contributed by atoms with Crippen LogP contribution in [0.25, 0.3) is 0 Å². The quantitative estimate of drug-likeness (QED) is 0.0169. The van der Waals surface area contributed by atoms with Crippen LogP contribution < -0.4 is 0 Å². The summed E-state index contributed by atoms with van der Waals surface area (Å²) in [6.07, 6.45) is 50.8. The number of phosphoric ester groups is 2. The summed E-state index contributed by atoms with van der Waals surface area (Å²) in [5, 5.41) is 10.6. The molecule has 0 aromatic heterocycles. The van der Waals surface area contributed by atoms with Gasteiger partial charge in [0, 0.05) is 25.7 Å². The standard InChI is InChI=1S/C73H138O17P2/c1-8-11-12-13-14-15-16-17-18-22-25-28-31-42-49-56-72(77)89-68(60-83-70(75)54-47-40-35-33-38-45-52-65(6)9-2)62-87-91(79,80)85-58-67(74)59-86-92(81,82)88-63-69(61-84-71(76)55-48-41-36-34-39-46-53-66(7)10-3)90-73(78)57-50-43-32-29-26-23-20-19-21-24-27-30-37-44-51-64(4)5/h15-18,64-69,74H,8-14,19-63H2,1-7H3,(H,79,80)(H,81,82)/b16-15-,18-17-/t65?,66?,67-,68+,69+/m0/s1. The predicted octanol–water partition coefficient (Wildman–Crippen LogP) is 20.6. The van der Waals surface area contributed by atoms with Crippen LogP contribution in [-0.4, -0.2) is 96.7 Å². The molecule has 0 aliphatic rings. The van der Waals surface area contributed by atoms with Crippen molar-refractivity contribution in [3.63, 3.8) is 0 Å². The van der Waals surface area contributed by atoms with Gasteiger partial charge < -0.3 is 33.8 Å². The predicted molar refractivity (Wildman–Crippen MR) is 372 cm³/mol. The lowest BCUT2D eigenvalue weighted by Crippen LogP contribution is -2.30. The number of aliphatic hydroxyl groups excluding tert-OH is 1. The molecule has 0 aromatic carbocycles. The number of carbonyl (C=O) groups is 4. The van der Waals surface area contributed by atoms with Crippen LogP contribution >= 0.6 is 15.6 Å². The molecule has 542 valence electrons. The molecule has 7 atom stereocenters. The van der Waals surface area contributed by atoms with Crippen LogP contribution in [0.15, 0.2) is 24.3 Å². The van der Waals surface area contributed by atoms with Crippen molar-refractivity contribution in [3.8, 4) is 0 Å². The van der Waals surface area contributed by atoms with Gasteiger partial charge in [-0.3, -0.25) is 37.3 Å². The average Bonchev–Trinajstić information content (AvgIpc) is 2.29. The average molecular weight is 1350 g/mol. The third kappa shape index (κ3) is 63.6. The van der Waals surface area contributed by atoms with Crippen molar-refractivity contribution in [3.05, 3.63) is 24.3 Å². The summed E-state index contributed by atoms with van der Waals surface area (Å²) < 4.78 is 68.3. The Labute approximate surface area is 561 Å². The second-order valence-electron chi connectivity index (χ2n) is 26.6. The van der Waals surface area contributed by atoms with E-state index in [1.807, 2.05) is 0 Å². The highest BCUT2D eigenvalue weighted by atomic mass is 31.2. The molecule has 0 heterocycles. The highest BCUT2D eigenvalue weighted by Gasteiger charge is 2.30. The fourth-order valence-corrected chi connectivity index (χ4v) is 12.0. The van der Waals surface area contributed by atoms with Crippen LogP contribution in [0, 0.1) is 17.8 Å². The van der Waals surface area contributed by atoms with Crippen molar-refractivity contribution >= 4 is 39.5 Å². The van der Waals surface area contributed by atoms with Gasteiger partial charge in [-0.15, -0.1) is 0 Å². The van der Waals surface area contributed by atoms with Gasteiger partial charge in [-0.2, -0.15) is 0 Å². The molecule has 0 spiro atoms. The fourth-order valence-electron chi connectivity index (χ4n) is 10.5. The maximum absolute atomic E-state index is 13.0. The molecule has 0 fully saturated rings. The monoisotopic (exact) mass is 1350 g/mol. The number of esters is 4. The molecule has 0 aliphatic carbocycles. The van der Waals surface area contributed by atoms with E-state index in [0.717, 1.165) is 133 Å². The highest BCUT2D eigenvalue weighted by molar-refractivity contribution is 7.47. The molecule has 0 rings (SSSR count). The minimum absolute atomic E-state index is 0.0837. The van der Waals surface area contributed by atoms with Crippen LogP contribution in [0.2, 0.25) is 0 Å². The normalized spacial score (nSPS) is 14.9. The van der Waals surface area contributed by atoms with Crippen LogP contribution in [0.5, 0.6) is 0 Å². The second-order valence-corrected chi connectivity index (χ2v) is 29.5. The first kappa shape index (κ1) is 89.5. The Morgan fingerprint density at radius 3 is 0.967 bits per heavy atom. The van der Waals surface area contributed by atoms with Gasteiger partial charge in [0.1, 0.15) is 19.3 Å². The molecule has 0 aliphatic heterocycles. The number of ether oxygens (including phenoxy) is 4. The van der Waals surface area contributed by atoms with Crippen molar-refractivity contribution in [1.82, 2.24) is 0 Å². The third-order valence-corrected chi connectivity index (χ3v) is 18.9. The van der Waals surface area contributed by atoms with E-state index in [2.05, 4.69) is 72.8 Å². The molecule has 92 heavy (non-hydrogen) atoms. The lowest BCUT2D eigenvalue weighted by molar-refractivity contribution is -0.161. The second kappa shape index (κ2) is 63.3. The molecule has 4 unspecified atom stereocenters. The van der Waals surface area contributed by atoms with Crippen LogP contribution in [0.1, 0.15) is 344 Å². The molecule has 0 bridgehead atoms. The van der Waals surface area contributed by atoms with Gasteiger partial charge in [0.25, 0.3) is 0 Å². The van der Waals surface area contributed by atoms with Crippen LogP contribution in [0.3, 0.4) is 0 Å². The minimum Gasteiger partial charge on any atom is -0.462 e. The lowest BCUT2D eigenvalue weighted by Gasteiger charge is -2.21. The first-order chi connectivity index (χ1) is 44.3. The zero-order chi connectivity index (χ0) is 68.0. The van der Waals surface area contributed by atoms with Gasteiger partial charge in [-0.25, -0.2) is 9.13 Å². The molecular formula is C73H138O17P2. The molecular weight excluding hydrogens is 1210 g/mol. The molecule has 0 saturated heterocycles. The first-order valence-corrected chi connectivity index (χ1v) is 40.2. The number of carbonyl (C=O) groups excluding carboxylic acids is 4. The fraction of sp³-hybridized carbons (Fsp3) is 0.890. The van der Waals surface area contributed by atoms with Crippen molar-refractivity contribution in [2.24, 2.45) is 17.8 Å². The van der Waals surface area contributed by atoms with Gasteiger partial charge in [-0.05, 0) is 69.1 Å². The van der Waals surface area contributed by atoms with E-state index >= 15 is 0 Å². The Kier molecular flexibility index (Phi) is 61.6.